The van der Waals surface area contributed by atoms with Gasteiger partial charge in [0.2, 0.25) is 0 Å². The number of fused-ring (bicyclic) bond motifs is 1. The topological polar surface area (TPSA) is 43.8 Å². The smallest absolute Gasteiger partial charge is 0.115 e. The van der Waals surface area contributed by atoms with E-state index in [-0.39, 0.29) is 5.41 Å². The van der Waals surface area contributed by atoms with E-state index < -0.39 is 0 Å². The SMILES string of the molecule is Cn1c(C(C)(C)C)nc2cc(CN)ccc21. The van der Waals surface area contributed by atoms with Crippen LogP contribution in [0.15, 0.2) is 18.2 Å². The summed E-state index contributed by atoms with van der Waals surface area (Å²) in [5.41, 5.74) is 9.04. The molecule has 2 rings (SSSR count). The maximum atomic E-state index is 5.64. The lowest BCUT2D eigenvalue weighted by atomic mass is 9.96. The van der Waals surface area contributed by atoms with E-state index in [2.05, 4.69) is 50.6 Å². The molecule has 0 spiro atoms. The minimum absolute atomic E-state index is 0.0661. The second-order valence-corrected chi connectivity index (χ2v) is 5.27. The van der Waals surface area contributed by atoms with Crippen LogP contribution in [0.2, 0.25) is 0 Å². The number of aryl methyl sites for hydroxylation is 1. The molecule has 0 amide bonds. The highest BCUT2D eigenvalue weighted by molar-refractivity contribution is 5.77. The summed E-state index contributed by atoms with van der Waals surface area (Å²) in [4.78, 5) is 4.70. The van der Waals surface area contributed by atoms with Gasteiger partial charge >= 0.3 is 0 Å². The Hall–Kier alpha value is -1.35. The quantitative estimate of drug-likeness (QED) is 0.796. The number of benzene rings is 1. The van der Waals surface area contributed by atoms with Gasteiger partial charge in [-0.05, 0) is 17.7 Å². The minimum atomic E-state index is 0.0661. The molecule has 2 aromatic rings. The fourth-order valence-corrected chi connectivity index (χ4v) is 2.04. The van der Waals surface area contributed by atoms with Gasteiger partial charge in [-0.2, -0.15) is 0 Å². The van der Waals surface area contributed by atoms with Crippen LogP contribution in [0.3, 0.4) is 0 Å². The van der Waals surface area contributed by atoms with Crippen molar-refractivity contribution >= 4 is 11.0 Å². The number of hydrogen-bond acceptors (Lipinski definition) is 2. The summed E-state index contributed by atoms with van der Waals surface area (Å²) in [5.74, 6) is 1.11. The van der Waals surface area contributed by atoms with Gasteiger partial charge in [0.25, 0.3) is 0 Å². The molecule has 3 heteroatoms. The van der Waals surface area contributed by atoms with Gasteiger partial charge in [-0.25, -0.2) is 4.98 Å². The second-order valence-electron chi connectivity index (χ2n) is 5.27. The standard InChI is InChI=1S/C13H19N3/c1-13(2,3)12-15-10-7-9(8-14)5-6-11(10)16(12)4/h5-7H,8,14H2,1-4H3. The molecule has 86 valence electrons. The van der Waals surface area contributed by atoms with Gasteiger partial charge in [-0.1, -0.05) is 26.8 Å². The zero-order valence-electron chi connectivity index (χ0n) is 10.4. The molecule has 0 aliphatic heterocycles. The molecule has 0 radical (unpaired) electrons. The lowest BCUT2D eigenvalue weighted by Crippen LogP contribution is -2.17. The third-order valence-electron chi connectivity index (χ3n) is 2.85. The molecule has 0 aliphatic carbocycles. The van der Waals surface area contributed by atoms with Crippen LogP contribution in [0.4, 0.5) is 0 Å². The van der Waals surface area contributed by atoms with E-state index in [4.69, 9.17) is 10.7 Å². The van der Waals surface area contributed by atoms with Crippen LogP contribution in [-0.4, -0.2) is 9.55 Å². The van der Waals surface area contributed by atoms with Gasteiger partial charge in [0.15, 0.2) is 0 Å². The summed E-state index contributed by atoms with van der Waals surface area (Å²) < 4.78 is 2.16. The first-order chi connectivity index (χ1) is 7.43. The highest BCUT2D eigenvalue weighted by atomic mass is 15.1. The zero-order valence-corrected chi connectivity index (χ0v) is 10.4. The van der Waals surface area contributed by atoms with Crippen molar-refractivity contribution in [1.82, 2.24) is 9.55 Å². The lowest BCUT2D eigenvalue weighted by molar-refractivity contribution is 0.526. The summed E-state index contributed by atoms with van der Waals surface area (Å²) in [6.45, 7) is 7.10. The van der Waals surface area contributed by atoms with E-state index >= 15 is 0 Å². The van der Waals surface area contributed by atoms with Crippen LogP contribution >= 0.6 is 0 Å². The summed E-state index contributed by atoms with van der Waals surface area (Å²) in [5, 5.41) is 0. The van der Waals surface area contributed by atoms with Crippen molar-refractivity contribution < 1.29 is 0 Å². The Morgan fingerprint density at radius 2 is 2.00 bits per heavy atom. The van der Waals surface area contributed by atoms with E-state index in [1.165, 1.54) is 5.52 Å². The molecule has 3 nitrogen and oxygen atoms in total. The van der Waals surface area contributed by atoms with E-state index in [1.807, 2.05) is 0 Å². The van der Waals surface area contributed by atoms with Gasteiger partial charge in [0, 0.05) is 19.0 Å². The van der Waals surface area contributed by atoms with E-state index in [0.717, 1.165) is 16.9 Å². The van der Waals surface area contributed by atoms with E-state index in [1.54, 1.807) is 0 Å². The summed E-state index contributed by atoms with van der Waals surface area (Å²) in [6, 6.07) is 6.24. The Morgan fingerprint density at radius 3 is 2.56 bits per heavy atom. The maximum absolute atomic E-state index is 5.64. The zero-order chi connectivity index (χ0) is 11.9. The van der Waals surface area contributed by atoms with Gasteiger partial charge < -0.3 is 10.3 Å². The fourth-order valence-electron chi connectivity index (χ4n) is 2.04. The average Bonchev–Trinajstić information content (AvgIpc) is 2.55. The second kappa shape index (κ2) is 3.59. The van der Waals surface area contributed by atoms with Crippen LogP contribution in [0.1, 0.15) is 32.2 Å². The lowest BCUT2D eigenvalue weighted by Gasteiger charge is -2.17. The molecular formula is C13H19N3. The molecule has 2 N–H and O–H groups in total. The first-order valence-electron chi connectivity index (χ1n) is 5.59. The van der Waals surface area contributed by atoms with Gasteiger partial charge in [-0.15, -0.1) is 0 Å². The Balaban J connectivity index is 2.68. The molecule has 1 heterocycles. The van der Waals surface area contributed by atoms with Crippen molar-refractivity contribution in [3.8, 4) is 0 Å². The van der Waals surface area contributed by atoms with Crippen LogP contribution < -0.4 is 5.73 Å². The molecule has 16 heavy (non-hydrogen) atoms. The Morgan fingerprint density at radius 1 is 1.31 bits per heavy atom. The number of rotatable bonds is 1. The summed E-state index contributed by atoms with van der Waals surface area (Å²) in [6.07, 6.45) is 0. The van der Waals surface area contributed by atoms with Crippen molar-refractivity contribution in [3.63, 3.8) is 0 Å². The van der Waals surface area contributed by atoms with Crippen molar-refractivity contribution in [2.75, 3.05) is 0 Å². The first kappa shape index (κ1) is 11.1. The largest absolute Gasteiger partial charge is 0.331 e. The summed E-state index contributed by atoms with van der Waals surface area (Å²) in [7, 11) is 2.07. The highest BCUT2D eigenvalue weighted by Crippen LogP contribution is 2.25. The van der Waals surface area contributed by atoms with E-state index in [9.17, 15) is 0 Å². The van der Waals surface area contributed by atoms with Crippen molar-refractivity contribution in [1.29, 1.82) is 0 Å². The van der Waals surface area contributed by atoms with Crippen LogP contribution in [0.5, 0.6) is 0 Å². The molecule has 1 aromatic carbocycles. The van der Waals surface area contributed by atoms with Crippen LogP contribution in [0.25, 0.3) is 11.0 Å². The first-order valence-corrected chi connectivity index (χ1v) is 5.59. The molecule has 0 unspecified atom stereocenters. The Labute approximate surface area is 96.3 Å². The van der Waals surface area contributed by atoms with Crippen LogP contribution in [-0.2, 0) is 19.0 Å². The van der Waals surface area contributed by atoms with Gasteiger partial charge in [-0.3, -0.25) is 0 Å². The number of nitrogens with two attached hydrogens (primary N) is 1. The number of hydrogen-bond donors (Lipinski definition) is 1. The molecule has 0 fully saturated rings. The molecular weight excluding hydrogens is 198 g/mol. The van der Waals surface area contributed by atoms with Gasteiger partial charge in [0.1, 0.15) is 5.82 Å². The molecule has 0 saturated carbocycles. The Kier molecular flexibility index (Phi) is 2.50. The van der Waals surface area contributed by atoms with Crippen LogP contribution in [0, 0.1) is 0 Å². The molecule has 0 atom stereocenters. The number of imidazole rings is 1. The predicted octanol–water partition coefficient (Wildman–Crippen LogP) is 2.33. The normalized spacial score (nSPS) is 12.3. The summed E-state index contributed by atoms with van der Waals surface area (Å²) >= 11 is 0. The maximum Gasteiger partial charge on any atom is 0.115 e. The minimum Gasteiger partial charge on any atom is -0.331 e. The molecule has 0 bridgehead atoms. The van der Waals surface area contributed by atoms with E-state index in [0.29, 0.717) is 6.54 Å². The third-order valence-corrected chi connectivity index (χ3v) is 2.85. The van der Waals surface area contributed by atoms with Crippen molar-refractivity contribution in [2.45, 2.75) is 32.7 Å². The number of aromatic nitrogens is 2. The van der Waals surface area contributed by atoms with Gasteiger partial charge in [0.05, 0.1) is 11.0 Å². The molecule has 0 saturated heterocycles. The monoisotopic (exact) mass is 217 g/mol. The molecule has 1 aromatic heterocycles. The van der Waals surface area contributed by atoms with Crippen molar-refractivity contribution in [3.05, 3.63) is 29.6 Å². The fraction of sp³-hybridized carbons (Fsp3) is 0.462. The highest BCUT2D eigenvalue weighted by Gasteiger charge is 2.20. The predicted molar refractivity (Wildman–Crippen MR) is 67.3 cm³/mol. The molecule has 0 aliphatic rings. The average molecular weight is 217 g/mol. The third kappa shape index (κ3) is 1.71. The van der Waals surface area contributed by atoms with Crippen molar-refractivity contribution in [2.24, 2.45) is 12.8 Å². The number of nitrogens with zero attached hydrogens (tertiary/aromatic N) is 2. The Bertz CT molecular complexity index is 518.